The Kier molecular flexibility index (Phi) is 7.28. The molecule has 2 saturated heterocycles. The van der Waals surface area contributed by atoms with E-state index in [4.69, 9.17) is 9.52 Å². The van der Waals surface area contributed by atoms with Crippen LogP contribution < -0.4 is 14.5 Å². The second-order valence-corrected chi connectivity index (χ2v) is 13.3. The zero-order valence-corrected chi connectivity index (χ0v) is 23.9. The molecule has 1 unspecified atom stereocenters. The first-order chi connectivity index (χ1) is 19.9. The van der Waals surface area contributed by atoms with E-state index in [2.05, 4.69) is 29.8 Å². The summed E-state index contributed by atoms with van der Waals surface area (Å²) in [6.45, 7) is 2.80. The number of nitrogens with one attached hydrogen (secondary N) is 1. The van der Waals surface area contributed by atoms with Crippen LogP contribution in [0.5, 0.6) is 0 Å². The lowest BCUT2D eigenvalue weighted by molar-refractivity contribution is -0.168. The Morgan fingerprint density at radius 3 is 2.45 bits per heavy atom. The van der Waals surface area contributed by atoms with E-state index < -0.39 is 34.5 Å². The molecule has 0 amide bonds. The second-order valence-electron chi connectivity index (χ2n) is 11.4. The third-order valence-corrected chi connectivity index (χ3v) is 9.67. The maximum absolute atomic E-state index is 13.2. The Morgan fingerprint density at radius 2 is 1.79 bits per heavy atom. The largest absolute Gasteiger partial charge is 0.415 e. The van der Waals surface area contributed by atoms with E-state index in [1.54, 1.807) is 31.2 Å². The SMILES string of the molecule is Cc1cc(-c2nnc(-c3ccc(NS(=O)(=O)CCO)cc3N3CCC4(CC3)CC4)o2)nc(N2CCC(C(F)(F)F)C2)n1. The van der Waals surface area contributed by atoms with Gasteiger partial charge in [0.05, 0.1) is 35.2 Å². The summed E-state index contributed by atoms with van der Waals surface area (Å²) in [5.74, 6) is -1.37. The zero-order chi connectivity index (χ0) is 29.7. The molecule has 3 aromatic rings. The van der Waals surface area contributed by atoms with E-state index in [1.807, 2.05) is 0 Å². The van der Waals surface area contributed by atoms with Crippen molar-refractivity contribution in [2.45, 2.75) is 45.2 Å². The Labute approximate surface area is 241 Å². The number of rotatable bonds is 8. The van der Waals surface area contributed by atoms with Crippen molar-refractivity contribution < 1.29 is 31.1 Å². The summed E-state index contributed by atoms with van der Waals surface area (Å²) in [4.78, 5) is 12.5. The summed E-state index contributed by atoms with van der Waals surface area (Å²) in [5.41, 5.74) is 2.98. The van der Waals surface area contributed by atoms with Gasteiger partial charge in [-0.25, -0.2) is 18.4 Å². The standard InChI is InChI=1S/C27H32F3N7O4S/c1-17-14-21(32-25(31-17)37-9-4-18(16-37)27(28,29)30)24-34-33-23(41-24)20-3-2-19(35-42(39,40)13-12-38)15-22(20)36-10-7-26(5-6-26)8-11-36/h2-3,14-15,18,35,38H,4-13,16H2,1H3. The number of aromatic nitrogens is 4. The van der Waals surface area contributed by atoms with Crippen LogP contribution in [-0.2, 0) is 10.0 Å². The van der Waals surface area contributed by atoms with Gasteiger partial charge in [0.1, 0.15) is 5.69 Å². The van der Waals surface area contributed by atoms with Gasteiger partial charge in [-0.05, 0) is 68.7 Å². The van der Waals surface area contributed by atoms with Crippen LogP contribution in [0.1, 0.15) is 37.8 Å². The number of aliphatic hydroxyl groups is 1. The molecule has 0 bridgehead atoms. The second kappa shape index (κ2) is 10.7. The van der Waals surface area contributed by atoms with E-state index in [1.165, 1.54) is 17.7 Å². The number of aryl methyl sites for hydroxylation is 1. The number of hydrogen-bond donors (Lipinski definition) is 2. The van der Waals surface area contributed by atoms with Crippen molar-refractivity contribution in [2.75, 3.05) is 53.1 Å². The van der Waals surface area contributed by atoms with Crippen molar-refractivity contribution in [1.82, 2.24) is 20.2 Å². The molecule has 15 heteroatoms. The lowest BCUT2D eigenvalue weighted by atomic mass is 9.93. The van der Waals surface area contributed by atoms with Gasteiger partial charge in [-0.2, -0.15) is 13.2 Å². The van der Waals surface area contributed by atoms with Gasteiger partial charge in [0.2, 0.25) is 21.9 Å². The third kappa shape index (κ3) is 6.02. The molecule has 3 aliphatic rings. The summed E-state index contributed by atoms with van der Waals surface area (Å²) >= 11 is 0. The highest BCUT2D eigenvalue weighted by atomic mass is 32.2. The molecule has 226 valence electrons. The van der Waals surface area contributed by atoms with Crippen LogP contribution >= 0.6 is 0 Å². The van der Waals surface area contributed by atoms with Crippen LogP contribution in [-0.4, -0.2) is 78.4 Å². The van der Waals surface area contributed by atoms with Gasteiger partial charge in [0, 0.05) is 31.9 Å². The molecule has 2 N–H and O–H groups in total. The average molecular weight is 608 g/mol. The molecule has 1 saturated carbocycles. The number of benzene rings is 1. The number of anilines is 3. The maximum atomic E-state index is 13.2. The summed E-state index contributed by atoms with van der Waals surface area (Å²) in [6, 6.07) is 6.68. The fourth-order valence-corrected chi connectivity index (χ4v) is 6.56. The molecule has 1 atom stereocenters. The number of halogens is 3. The van der Waals surface area contributed by atoms with Crippen molar-refractivity contribution in [3.8, 4) is 23.0 Å². The van der Waals surface area contributed by atoms with Crippen LogP contribution in [0.3, 0.4) is 0 Å². The van der Waals surface area contributed by atoms with E-state index in [0.29, 0.717) is 28.1 Å². The van der Waals surface area contributed by atoms with Crippen LogP contribution in [0.25, 0.3) is 23.0 Å². The minimum absolute atomic E-state index is 0.0204. The van der Waals surface area contributed by atoms with E-state index in [9.17, 15) is 21.6 Å². The topological polar surface area (TPSA) is 138 Å². The fourth-order valence-electron chi connectivity index (χ4n) is 5.74. The highest BCUT2D eigenvalue weighted by Gasteiger charge is 2.45. The number of nitrogens with zero attached hydrogens (tertiary/aromatic N) is 6. The number of aliphatic hydroxyl groups excluding tert-OH is 1. The molecule has 4 heterocycles. The molecule has 1 aliphatic carbocycles. The highest BCUT2D eigenvalue weighted by Crippen LogP contribution is 2.54. The van der Waals surface area contributed by atoms with Crippen molar-refractivity contribution in [3.05, 3.63) is 30.0 Å². The van der Waals surface area contributed by atoms with E-state index in [0.717, 1.165) is 31.6 Å². The van der Waals surface area contributed by atoms with Crippen LogP contribution in [0, 0.1) is 18.3 Å². The fraction of sp³-hybridized carbons (Fsp3) is 0.556. The quantitative estimate of drug-likeness (QED) is 0.387. The molecular weight excluding hydrogens is 575 g/mol. The lowest BCUT2D eigenvalue weighted by Gasteiger charge is -2.35. The first kappa shape index (κ1) is 28.6. The molecule has 0 radical (unpaired) electrons. The lowest BCUT2D eigenvalue weighted by Crippen LogP contribution is -2.34. The van der Waals surface area contributed by atoms with Crippen LogP contribution in [0.2, 0.25) is 0 Å². The highest BCUT2D eigenvalue weighted by molar-refractivity contribution is 7.92. The minimum Gasteiger partial charge on any atom is -0.415 e. The Hall–Kier alpha value is -3.46. The van der Waals surface area contributed by atoms with Crippen molar-refractivity contribution in [2.24, 2.45) is 11.3 Å². The minimum atomic E-state index is -4.28. The predicted octanol–water partition coefficient (Wildman–Crippen LogP) is 4.01. The van der Waals surface area contributed by atoms with Gasteiger partial charge in [0.25, 0.3) is 5.89 Å². The van der Waals surface area contributed by atoms with Gasteiger partial charge in [-0.1, -0.05) is 0 Å². The van der Waals surface area contributed by atoms with Gasteiger partial charge in [-0.3, -0.25) is 4.72 Å². The zero-order valence-electron chi connectivity index (χ0n) is 23.1. The number of alkyl halides is 3. The van der Waals surface area contributed by atoms with Gasteiger partial charge in [-0.15, -0.1) is 10.2 Å². The van der Waals surface area contributed by atoms with Crippen molar-refractivity contribution in [1.29, 1.82) is 0 Å². The molecule has 6 rings (SSSR count). The number of sulfonamides is 1. The molecule has 1 spiro atoms. The van der Waals surface area contributed by atoms with Crippen LogP contribution in [0.15, 0.2) is 28.7 Å². The first-order valence-corrected chi connectivity index (χ1v) is 15.6. The first-order valence-electron chi connectivity index (χ1n) is 14.0. The smallest absolute Gasteiger partial charge is 0.393 e. The van der Waals surface area contributed by atoms with Gasteiger partial charge < -0.3 is 19.3 Å². The van der Waals surface area contributed by atoms with Crippen molar-refractivity contribution >= 4 is 27.3 Å². The van der Waals surface area contributed by atoms with E-state index in [-0.39, 0.29) is 37.2 Å². The maximum Gasteiger partial charge on any atom is 0.393 e. The molecule has 2 aliphatic heterocycles. The Balaban J connectivity index is 1.30. The Bertz CT molecular complexity index is 1570. The van der Waals surface area contributed by atoms with Gasteiger partial charge >= 0.3 is 6.18 Å². The average Bonchev–Trinajstić information content (AvgIpc) is 3.32. The molecule has 11 nitrogen and oxygen atoms in total. The van der Waals surface area contributed by atoms with Crippen LogP contribution in [0.4, 0.5) is 30.5 Å². The Morgan fingerprint density at radius 1 is 1.05 bits per heavy atom. The molecule has 1 aromatic carbocycles. The number of piperidine rings is 1. The monoisotopic (exact) mass is 607 g/mol. The summed E-state index contributed by atoms with van der Waals surface area (Å²) in [6.07, 6.45) is 0.246. The summed E-state index contributed by atoms with van der Waals surface area (Å²) < 4.78 is 72.9. The van der Waals surface area contributed by atoms with Crippen molar-refractivity contribution in [3.63, 3.8) is 0 Å². The molecule has 42 heavy (non-hydrogen) atoms. The number of hydrogen-bond acceptors (Lipinski definition) is 10. The summed E-state index contributed by atoms with van der Waals surface area (Å²) in [7, 11) is -3.73. The normalized spacial score (nSPS) is 20.4. The van der Waals surface area contributed by atoms with E-state index >= 15 is 0 Å². The molecular formula is C27H32F3N7O4S. The van der Waals surface area contributed by atoms with Gasteiger partial charge in [0.15, 0.2) is 0 Å². The molecule has 3 fully saturated rings. The third-order valence-electron chi connectivity index (χ3n) is 8.40. The molecule has 2 aromatic heterocycles. The summed E-state index contributed by atoms with van der Waals surface area (Å²) in [5, 5.41) is 17.6. The predicted molar refractivity (Wildman–Crippen MR) is 149 cm³/mol.